The number of rotatable bonds is 19. The lowest BCUT2D eigenvalue weighted by atomic mass is 9.75. The van der Waals surface area contributed by atoms with Gasteiger partial charge in [0.15, 0.2) is 0 Å². The Kier molecular flexibility index (Phi) is 14.6. The standard InChI is InChI=1S/C32H41N3O11/c1-21-28(31(37)44-16-14-41-3)30(29(22(2)34-21)32(38)45-17-15-42-4)26-18-23(35(39)40)10-11-27(26)43-13-12-33-19-24(36)20-46-25-8-6-5-7-9-25/h5-11,18,24,28,30,33,36H,12-17,19-20H2,1-4H3. The monoisotopic (exact) mass is 643 g/mol. The maximum atomic E-state index is 13.5. The second-order valence-corrected chi connectivity index (χ2v) is 10.3. The predicted molar refractivity (Wildman–Crippen MR) is 167 cm³/mol. The summed E-state index contributed by atoms with van der Waals surface area (Å²) in [5.41, 5.74) is 0.631. The number of non-ortho nitro benzene ring substituents is 1. The predicted octanol–water partition coefficient (Wildman–Crippen LogP) is 2.83. The first kappa shape index (κ1) is 36.1. The molecule has 0 amide bonds. The number of allylic oxidation sites excluding steroid dienone is 1. The van der Waals surface area contributed by atoms with Gasteiger partial charge >= 0.3 is 11.9 Å². The maximum absolute atomic E-state index is 13.5. The van der Waals surface area contributed by atoms with E-state index in [1.54, 1.807) is 26.0 Å². The van der Waals surface area contributed by atoms with E-state index in [2.05, 4.69) is 10.3 Å². The highest BCUT2D eigenvalue weighted by Gasteiger charge is 2.44. The Morgan fingerprint density at radius 1 is 0.978 bits per heavy atom. The number of nitro groups is 1. The Morgan fingerprint density at radius 2 is 1.67 bits per heavy atom. The van der Waals surface area contributed by atoms with Gasteiger partial charge < -0.3 is 38.8 Å². The fourth-order valence-electron chi connectivity index (χ4n) is 4.85. The topological polar surface area (TPSA) is 177 Å². The summed E-state index contributed by atoms with van der Waals surface area (Å²) in [5.74, 6) is -2.79. The van der Waals surface area contributed by atoms with Crippen molar-refractivity contribution in [2.45, 2.75) is 25.9 Å². The molecular formula is C32H41N3O11. The first-order valence-electron chi connectivity index (χ1n) is 14.7. The molecule has 2 aromatic rings. The molecule has 250 valence electrons. The van der Waals surface area contributed by atoms with Crippen LogP contribution in [0.1, 0.15) is 25.3 Å². The molecule has 14 heteroatoms. The summed E-state index contributed by atoms with van der Waals surface area (Å²) >= 11 is 0. The highest BCUT2D eigenvalue weighted by molar-refractivity contribution is 6.07. The van der Waals surface area contributed by atoms with E-state index in [1.807, 2.05) is 18.2 Å². The van der Waals surface area contributed by atoms with Crippen molar-refractivity contribution >= 4 is 23.3 Å². The lowest BCUT2D eigenvalue weighted by Crippen LogP contribution is -2.37. The molecule has 0 aliphatic carbocycles. The third-order valence-electron chi connectivity index (χ3n) is 7.00. The van der Waals surface area contributed by atoms with E-state index in [4.69, 9.17) is 28.4 Å². The molecule has 0 saturated heterocycles. The third kappa shape index (κ3) is 10.3. The molecule has 0 bridgehead atoms. The summed E-state index contributed by atoms with van der Waals surface area (Å²) in [5, 5.41) is 25.2. The average molecular weight is 644 g/mol. The number of carbonyl (C=O) groups excluding carboxylic acids is 2. The van der Waals surface area contributed by atoms with E-state index >= 15 is 0 Å². The van der Waals surface area contributed by atoms with Crippen LogP contribution in [0.2, 0.25) is 0 Å². The van der Waals surface area contributed by atoms with Gasteiger partial charge in [-0.2, -0.15) is 0 Å². The van der Waals surface area contributed by atoms with Crippen molar-refractivity contribution < 1.29 is 48.0 Å². The summed E-state index contributed by atoms with van der Waals surface area (Å²) in [6.45, 7) is 4.10. The number of aliphatic imine (C=N–C) groups is 1. The number of hydrogen-bond acceptors (Lipinski definition) is 13. The lowest BCUT2D eigenvalue weighted by molar-refractivity contribution is -0.385. The van der Waals surface area contributed by atoms with E-state index in [-0.39, 0.29) is 74.5 Å². The van der Waals surface area contributed by atoms with Crippen molar-refractivity contribution in [2.24, 2.45) is 10.9 Å². The van der Waals surface area contributed by atoms with Gasteiger partial charge in [0.25, 0.3) is 5.69 Å². The molecule has 46 heavy (non-hydrogen) atoms. The Bertz CT molecular complexity index is 1380. The molecule has 3 atom stereocenters. The minimum absolute atomic E-state index is 0.0420. The maximum Gasteiger partial charge on any atom is 0.336 e. The minimum atomic E-state index is -1.12. The quantitative estimate of drug-likeness (QED) is 0.0992. The highest BCUT2D eigenvalue weighted by atomic mass is 16.6. The van der Waals surface area contributed by atoms with Gasteiger partial charge in [-0.1, -0.05) is 18.2 Å². The summed E-state index contributed by atoms with van der Waals surface area (Å²) < 4.78 is 32.5. The van der Waals surface area contributed by atoms with Crippen molar-refractivity contribution in [2.75, 3.05) is 67.0 Å². The first-order chi connectivity index (χ1) is 22.2. The molecule has 3 rings (SSSR count). The third-order valence-corrected chi connectivity index (χ3v) is 7.00. The first-order valence-corrected chi connectivity index (χ1v) is 14.7. The normalized spacial score (nSPS) is 16.8. The van der Waals surface area contributed by atoms with E-state index in [0.717, 1.165) is 0 Å². The van der Waals surface area contributed by atoms with Crippen molar-refractivity contribution in [1.82, 2.24) is 5.32 Å². The Hall–Kier alpha value is -4.37. The second-order valence-electron chi connectivity index (χ2n) is 10.3. The molecule has 0 spiro atoms. The second kappa shape index (κ2) is 18.6. The molecule has 0 aromatic heterocycles. The largest absolute Gasteiger partial charge is 0.492 e. The molecule has 2 aromatic carbocycles. The van der Waals surface area contributed by atoms with Crippen molar-refractivity contribution in [3.63, 3.8) is 0 Å². The number of benzene rings is 2. The molecule has 1 heterocycles. The number of methoxy groups -OCH3 is 2. The van der Waals surface area contributed by atoms with E-state index in [1.165, 1.54) is 32.4 Å². The van der Waals surface area contributed by atoms with Gasteiger partial charge in [0, 0.05) is 62.3 Å². The number of hydrogen-bond donors (Lipinski definition) is 2. The van der Waals surface area contributed by atoms with Crippen molar-refractivity contribution in [1.29, 1.82) is 0 Å². The van der Waals surface area contributed by atoms with Gasteiger partial charge in [0.05, 0.1) is 23.7 Å². The van der Waals surface area contributed by atoms with Crippen LogP contribution in [-0.2, 0) is 28.5 Å². The fourth-order valence-corrected chi connectivity index (χ4v) is 4.85. The zero-order chi connectivity index (χ0) is 33.5. The van der Waals surface area contributed by atoms with Crippen LogP contribution in [0, 0.1) is 16.0 Å². The lowest BCUT2D eigenvalue weighted by Gasteiger charge is -2.32. The van der Waals surface area contributed by atoms with Crippen LogP contribution in [0.25, 0.3) is 0 Å². The number of para-hydroxylation sites is 1. The fraction of sp³-hybridized carbons (Fsp3) is 0.469. The Morgan fingerprint density at radius 3 is 2.35 bits per heavy atom. The van der Waals surface area contributed by atoms with Gasteiger partial charge in [-0.25, -0.2) is 4.79 Å². The number of ether oxygens (including phenoxy) is 6. The number of aliphatic hydroxyl groups is 1. The summed E-state index contributed by atoms with van der Waals surface area (Å²) in [6, 6.07) is 13.1. The highest BCUT2D eigenvalue weighted by Crippen LogP contribution is 2.44. The molecule has 1 aliphatic rings. The number of esters is 2. The zero-order valence-electron chi connectivity index (χ0n) is 26.4. The van der Waals surface area contributed by atoms with Crippen LogP contribution < -0.4 is 14.8 Å². The molecule has 0 radical (unpaired) electrons. The number of carbonyl (C=O) groups is 2. The van der Waals surface area contributed by atoms with Gasteiger partial charge in [-0.3, -0.25) is 19.9 Å². The van der Waals surface area contributed by atoms with E-state index in [0.29, 0.717) is 18.0 Å². The van der Waals surface area contributed by atoms with Crippen LogP contribution in [0.5, 0.6) is 11.5 Å². The van der Waals surface area contributed by atoms with Crippen molar-refractivity contribution in [3.05, 3.63) is 75.5 Å². The summed E-state index contributed by atoms with van der Waals surface area (Å²) in [7, 11) is 2.92. The van der Waals surface area contributed by atoms with Crippen LogP contribution in [0.4, 0.5) is 5.69 Å². The Balaban J connectivity index is 1.85. The number of nitrogens with zero attached hydrogens (tertiary/aromatic N) is 2. The van der Waals surface area contributed by atoms with Crippen LogP contribution >= 0.6 is 0 Å². The summed E-state index contributed by atoms with van der Waals surface area (Å²) in [4.78, 5) is 42.6. The van der Waals surface area contributed by atoms with Gasteiger partial charge in [0.2, 0.25) is 0 Å². The minimum Gasteiger partial charge on any atom is -0.492 e. The van der Waals surface area contributed by atoms with Gasteiger partial charge in [-0.05, 0) is 32.0 Å². The van der Waals surface area contributed by atoms with Gasteiger partial charge in [0.1, 0.15) is 49.9 Å². The van der Waals surface area contributed by atoms with Crippen LogP contribution in [-0.4, -0.2) is 101 Å². The molecule has 0 saturated carbocycles. The molecule has 14 nitrogen and oxygen atoms in total. The average Bonchev–Trinajstić information content (AvgIpc) is 3.03. The smallest absolute Gasteiger partial charge is 0.336 e. The molecule has 1 aliphatic heterocycles. The van der Waals surface area contributed by atoms with Crippen LogP contribution in [0.15, 0.2) is 64.8 Å². The number of nitro benzene ring substituents is 1. The van der Waals surface area contributed by atoms with Gasteiger partial charge in [-0.15, -0.1) is 0 Å². The van der Waals surface area contributed by atoms with E-state index in [9.17, 15) is 24.8 Å². The number of aliphatic hydroxyl groups excluding tert-OH is 1. The molecule has 2 N–H and O–H groups in total. The number of nitrogens with one attached hydrogen (secondary N) is 1. The summed E-state index contributed by atoms with van der Waals surface area (Å²) in [6.07, 6.45) is -0.788. The Labute approximate surface area is 267 Å². The van der Waals surface area contributed by atoms with Crippen molar-refractivity contribution in [3.8, 4) is 11.5 Å². The van der Waals surface area contributed by atoms with Crippen LogP contribution in [0.3, 0.4) is 0 Å². The zero-order valence-corrected chi connectivity index (χ0v) is 26.4. The van der Waals surface area contributed by atoms with E-state index < -0.39 is 34.8 Å². The SMILES string of the molecule is COCCOC(=O)C1=C(C)N=C(C)C(C(=O)OCCOC)C1c1cc([N+](=O)[O-])ccc1OCCNCC(O)COc1ccccc1. The molecular weight excluding hydrogens is 602 g/mol. The molecule has 3 unspecified atom stereocenters. The molecule has 0 fully saturated rings.